The zero-order valence-electron chi connectivity index (χ0n) is 13.8. The van der Waals surface area contributed by atoms with Crippen molar-refractivity contribution in [2.75, 3.05) is 10.6 Å². The van der Waals surface area contributed by atoms with Crippen LogP contribution in [0.15, 0.2) is 66.7 Å². The summed E-state index contributed by atoms with van der Waals surface area (Å²) >= 11 is 6.62. The highest BCUT2D eigenvalue weighted by atomic mass is 127. The average molecular weight is 694 g/mol. The van der Waals surface area contributed by atoms with Crippen LogP contribution in [0.4, 0.5) is 11.4 Å². The number of hydrogen-bond donors (Lipinski definition) is 2. The molecule has 0 saturated carbocycles. The summed E-state index contributed by atoms with van der Waals surface area (Å²) in [6.07, 6.45) is 0. The molecule has 3 aromatic rings. The molecule has 136 valence electrons. The third-order valence-corrected chi connectivity index (χ3v) is 7.34. The molecule has 0 unspecified atom stereocenters. The van der Waals surface area contributed by atoms with E-state index in [-0.39, 0.29) is 11.8 Å². The topological polar surface area (TPSA) is 58.2 Å². The molecule has 0 saturated heterocycles. The number of carbonyl (C=O) groups is 2. The van der Waals surface area contributed by atoms with E-state index in [1.807, 2.05) is 30.3 Å². The molecule has 0 fully saturated rings. The van der Waals surface area contributed by atoms with E-state index in [0.717, 1.165) is 10.7 Å². The first-order chi connectivity index (χ1) is 12.9. The van der Waals surface area contributed by atoms with E-state index >= 15 is 0 Å². The number of nitrogens with one attached hydrogen (secondary N) is 2. The molecule has 0 bridgehead atoms. The third kappa shape index (κ3) is 5.41. The standard InChI is InChI=1S/C20H13I3N2O2/c21-13-10-16(18(23)17(22)11-13)20(27)25-15-8-6-14(7-9-15)24-19(26)12-4-2-1-3-5-12/h1-11H,(H,24,26)(H,25,27). The van der Waals surface area contributed by atoms with E-state index in [2.05, 4.69) is 78.4 Å². The number of benzene rings is 3. The van der Waals surface area contributed by atoms with Crippen molar-refractivity contribution in [3.63, 3.8) is 0 Å². The Morgan fingerprint density at radius 1 is 0.704 bits per heavy atom. The van der Waals surface area contributed by atoms with Crippen LogP contribution in [0.2, 0.25) is 0 Å². The first-order valence-electron chi connectivity index (χ1n) is 7.86. The van der Waals surface area contributed by atoms with Crippen LogP contribution in [0.25, 0.3) is 0 Å². The van der Waals surface area contributed by atoms with E-state index < -0.39 is 0 Å². The quantitative estimate of drug-likeness (QED) is 0.260. The molecule has 0 atom stereocenters. The minimum absolute atomic E-state index is 0.156. The SMILES string of the molecule is O=C(Nc1ccc(NC(=O)c2cc(I)cc(I)c2I)cc1)c1ccccc1. The number of anilines is 2. The van der Waals surface area contributed by atoms with Gasteiger partial charge in [-0.1, -0.05) is 18.2 Å². The third-order valence-electron chi connectivity index (χ3n) is 3.67. The molecule has 0 radical (unpaired) electrons. The molecule has 2 N–H and O–H groups in total. The summed E-state index contributed by atoms with van der Waals surface area (Å²) in [4.78, 5) is 24.8. The van der Waals surface area contributed by atoms with Gasteiger partial charge in [-0.3, -0.25) is 9.59 Å². The number of carbonyl (C=O) groups excluding carboxylic acids is 2. The normalized spacial score (nSPS) is 10.3. The summed E-state index contributed by atoms with van der Waals surface area (Å²) in [7, 11) is 0. The van der Waals surface area contributed by atoms with E-state index in [0.29, 0.717) is 22.5 Å². The second-order valence-corrected chi connectivity index (χ2v) is 9.09. The second-order valence-electron chi connectivity index (χ2n) is 5.60. The Labute approximate surface area is 197 Å². The van der Waals surface area contributed by atoms with Crippen LogP contribution in [-0.2, 0) is 0 Å². The molecule has 0 heterocycles. The van der Waals surface area contributed by atoms with Crippen LogP contribution in [0.5, 0.6) is 0 Å². The largest absolute Gasteiger partial charge is 0.322 e. The van der Waals surface area contributed by atoms with Gasteiger partial charge in [-0.15, -0.1) is 0 Å². The molecule has 0 aliphatic heterocycles. The fourth-order valence-electron chi connectivity index (χ4n) is 2.35. The highest BCUT2D eigenvalue weighted by Crippen LogP contribution is 2.24. The molecule has 3 rings (SSSR count). The Hall–Kier alpha value is -1.21. The minimum atomic E-state index is -0.171. The van der Waals surface area contributed by atoms with Gasteiger partial charge in [-0.05, 0) is 116 Å². The summed E-state index contributed by atoms with van der Waals surface area (Å²) < 4.78 is 2.99. The molecular weight excluding hydrogens is 681 g/mol. The van der Waals surface area contributed by atoms with Gasteiger partial charge in [-0.25, -0.2) is 0 Å². The Bertz CT molecular complexity index is 990. The van der Waals surface area contributed by atoms with Crippen molar-refractivity contribution in [3.8, 4) is 0 Å². The van der Waals surface area contributed by atoms with Gasteiger partial charge < -0.3 is 10.6 Å². The molecule has 7 heteroatoms. The van der Waals surface area contributed by atoms with Crippen LogP contribution in [0, 0.1) is 10.7 Å². The van der Waals surface area contributed by atoms with Crippen molar-refractivity contribution >= 4 is 91.0 Å². The fraction of sp³-hybridized carbons (Fsp3) is 0. The summed E-state index contributed by atoms with van der Waals surface area (Å²) in [5.41, 5.74) is 2.58. The highest BCUT2D eigenvalue weighted by molar-refractivity contribution is 14.1. The van der Waals surface area contributed by atoms with Crippen molar-refractivity contribution < 1.29 is 9.59 Å². The van der Waals surface area contributed by atoms with Crippen LogP contribution in [0.1, 0.15) is 20.7 Å². The van der Waals surface area contributed by atoms with Crippen molar-refractivity contribution in [2.24, 2.45) is 0 Å². The van der Waals surface area contributed by atoms with E-state index in [1.165, 1.54) is 0 Å². The number of hydrogen-bond acceptors (Lipinski definition) is 2. The van der Waals surface area contributed by atoms with Gasteiger partial charge in [0.15, 0.2) is 0 Å². The van der Waals surface area contributed by atoms with Crippen molar-refractivity contribution in [2.45, 2.75) is 0 Å². The number of halogens is 3. The molecule has 0 aromatic heterocycles. The fourth-order valence-corrected chi connectivity index (χ4v) is 4.75. The summed E-state index contributed by atoms with van der Waals surface area (Å²) in [5, 5.41) is 5.74. The lowest BCUT2D eigenvalue weighted by atomic mass is 10.2. The smallest absolute Gasteiger partial charge is 0.256 e. The maximum Gasteiger partial charge on any atom is 0.256 e. The first-order valence-corrected chi connectivity index (χ1v) is 11.1. The molecular formula is C20H13I3N2O2. The monoisotopic (exact) mass is 694 g/mol. The molecule has 2 amide bonds. The van der Waals surface area contributed by atoms with Crippen molar-refractivity contribution in [1.82, 2.24) is 0 Å². The predicted molar refractivity (Wildman–Crippen MR) is 133 cm³/mol. The lowest BCUT2D eigenvalue weighted by Gasteiger charge is -2.10. The van der Waals surface area contributed by atoms with Crippen LogP contribution >= 0.6 is 67.8 Å². The molecule has 4 nitrogen and oxygen atoms in total. The average Bonchev–Trinajstić information content (AvgIpc) is 2.66. The molecule has 27 heavy (non-hydrogen) atoms. The summed E-state index contributed by atoms with van der Waals surface area (Å²) in [6, 6.07) is 20.0. The minimum Gasteiger partial charge on any atom is -0.322 e. The van der Waals surface area contributed by atoms with Gasteiger partial charge in [-0.2, -0.15) is 0 Å². The zero-order valence-corrected chi connectivity index (χ0v) is 20.3. The molecule has 0 aliphatic rings. The van der Waals surface area contributed by atoms with Gasteiger partial charge in [0.25, 0.3) is 11.8 Å². The highest BCUT2D eigenvalue weighted by Gasteiger charge is 2.14. The van der Waals surface area contributed by atoms with Crippen molar-refractivity contribution in [3.05, 3.63) is 88.6 Å². The number of rotatable bonds is 4. The van der Waals surface area contributed by atoms with Gasteiger partial charge in [0, 0.05) is 27.6 Å². The summed E-state index contributed by atoms with van der Waals surface area (Å²) in [5.74, 6) is -0.327. The zero-order chi connectivity index (χ0) is 19.4. The van der Waals surface area contributed by atoms with Gasteiger partial charge in [0.05, 0.1) is 5.56 Å². The lowest BCUT2D eigenvalue weighted by Crippen LogP contribution is -2.15. The Morgan fingerprint density at radius 2 is 1.26 bits per heavy atom. The lowest BCUT2D eigenvalue weighted by molar-refractivity contribution is 0.101. The van der Waals surface area contributed by atoms with Crippen LogP contribution in [-0.4, -0.2) is 11.8 Å². The van der Waals surface area contributed by atoms with Gasteiger partial charge in [0.1, 0.15) is 0 Å². The van der Waals surface area contributed by atoms with Crippen LogP contribution in [0.3, 0.4) is 0 Å². The Balaban J connectivity index is 1.69. The van der Waals surface area contributed by atoms with E-state index in [1.54, 1.807) is 36.4 Å². The Kier molecular flexibility index (Phi) is 7.09. The van der Waals surface area contributed by atoms with E-state index in [9.17, 15) is 9.59 Å². The second kappa shape index (κ2) is 9.32. The van der Waals surface area contributed by atoms with Gasteiger partial charge >= 0.3 is 0 Å². The first kappa shape index (κ1) is 20.5. The van der Waals surface area contributed by atoms with Crippen LogP contribution < -0.4 is 10.6 Å². The predicted octanol–water partition coefficient (Wildman–Crippen LogP) is 6.01. The van der Waals surface area contributed by atoms with E-state index in [4.69, 9.17) is 0 Å². The molecule has 0 aliphatic carbocycles. The Morgan fingerprint density at radius 3 is 1.85 bits per heavy atom. The molecule has 0 spiro atoms. The number of amides is 2. The molecule has 3 aromatic carbocycles. The van der Waals surface area contributed by atoms with Crippen molar-refractivity contribution in [1.29, 1.82) is 0 Å². The summed E-state index contributed by atoms with van der Waals surface area (Å²) in [6.45, 7) is 0. The maximum atomic E-state index is 12.6. The van der Waals surface area contributed by atoms with Gasteiger partial charge in [0.2, 0.25) is 0 Å². The maximum absolute atomic E-state index is 12.6.